The van der Waals surface area contributed by atoms with Crippen LogP contribution in [-0.4, -0.2) is 45.8 Å². The van der Waals surface area contributed by atoms with Crippen LogP contribution in [0.4, 0.5) is 0 Å². The molecular formula is C22H28Cl2N2O4S. The average Bonchev–Trinajstić information content (AvgIpc) is 3.17. The number of hydrogen-bond donors (Lipinski definition) is 1. The van der Waals surface area contributed by atoms with Crippen LogP contribution in [0.5, 0.6) is 5.75 Å². The van der Waals surface area contributed by atoms with Crippen molar-refractivity contribution in [2.24, 2.45) is 5.14 Å². The van der Waals surface area contributed by atoms with Crippen molar-refractivity contribution in [3.05, 3.63) is 58.1 Å². The standard InChI is InChI=1S/C22H27ClN2O4S.ClH/c1-25(12-9-16-6-2-3-7-19(16)23)11-5-4-8-20(26)18-14-17-10-13-29-22(17)21(15-18)30(24,27)28;/h2-3,6-7,14-15H,4-5,8-13H2,1H3,(H2,24,27,28);1H. The number of ether oxygens (including phenoxy) is 1. The van der Waals surface area contributed by atoms with Gasteiger partial charge in [-0.25, -0.2) is 13.6 Å². The molecule has 0 atom stereocenters. The maximum atomic E-state index is 12.6. The number of fused-ring (bicyclic) bond motifs is 1. The number of rotatable bonds is 10. The van der Waals surface area contributed by atoms with Crippen LogP contribution in [0.25, 0.3) is 0 Å². The fourth-order valence-corrected chi connectivity index (χ4v) is 4.55. The zero-order chi connectivity index (χ0) is 21.7. The predicted molar refractivity (Wildman–Crippen MR) is 125 cm³/mol. The first-order valence-electron chi connectivity index (χ1n) is 10.0. The van der Waals surface area contributed by atoms with E-state index >= 15 is 0 Å². The highest BCUT2D eigenvalue weighted by Gasteiger charge is 2.25. The Labute approximate surface area is 195 Å². The van der Waals surface area contributed by atoms with Gasteiger partial charge in [-0.3, -0.25) is 4.79 Å². The summed E-state index contributed by atoms with van der Waals surface area (Å²) < 4.78 is 29.1. The molecular weight excluding hydrogens is 459 g/mol. The van der Waals surface area contributed by atoms with Gasteiger partial charge < -0.3 is 9.64 Å². The maximum Gasteiger partial charge on any atom is 0.241 e. The molecule has 1 aliphatic rings. The summed E-state index contributed by atoms with van der Waals surface area (Å²) >= 11 is 6.19. The third kappa shape index (κ3) is 6.92. The second kappa shape index (κ2) is 11.3. The number of sulfonamides is 1. The lowest BCUT2D eigenvalue weighted by atomic mass is 10.0. The van der Waals surface area contributed by atoms with Gasteiger partial charge in [0.05, 0.1) is 6.61 Å². The van der Waals surface area contributed by atoms with Crippen molar-refractivity contribution < 1.29 is 17.9 Å². The topological polar surface area (TPSA) is 89.7 Å². The average molecular weight is 487 g/mol. The number of unbranched alkanes of at least 4 members (excludes halogenated alkanes) is 1. The second-order valence-corrected chi connectivity index (χ2v) is 9.57. The van der Waals surface area contributed by atoms with Gasteiger partial charge in [-0.15, -0.1) is 12.4 Å². The Morgan fingerprint density at radius 2 is 1.94 bits per heavy atom. The van der Waals surface area contributed by atoms with Crippen molar-refractivity contribution in [1.29, 1.82) is 0 Å². The van der Waals surface area contributed by atoms with Gasteiger partial charge in [0.1, 0.15) is 10.6 Å². The van der Waals surface area contributed by atoms with E-state index in [2.05, 4.69) is 11.9 Å². The van der Waals surface area contributed by atoms with Gasteiger partial charge in [0.15, 0.2) is 5.78 Å². The van der Waals surface area contributed by atoms with Gasteiger partial charge in [-0.1, -0.05) is 29.8 Å². The quantitative estimate of drug-likeness (QED) is 0.406. The third-order valence-electron chi connectivity index (χ3n) is 5.29. The first kappa shape index (κ1) is 25.6. The molecule has 3 rings (SSSR count). The monoisotopic (exact) mass is 486 g/mol. The Hall–Kier alpha value is -1.64. The molecule has 0 saturated carbocycles. The molecule has 170 valence electrons. The Morgan fingerprint density at radius 1 is 1.19 bits per heavy atom. The van der Waals surface area contributed by atoms with E-state index in [0.29, 0.717) is 25.0 Å². The third-order valence-corrected chi connectivity index (χ3v) is 6.58. The van der Waals surface area contributed by atoms with Crippen LogP contribution in [0.1, 0.15) is 40.7 Å². The number of carbonyl (C=O) groups excluding carboxylic acids is 1. The number of likely N-dealkylation sites (N-methyl/N-ethyl adjacent to an activating group) is 1. The number of hydrogen-bond acceptors (Lipinski definition) is 5. The number of benzene rings is 2. The molecule has 9 heteroatoms. The molecule has 1 aliphatic heterocycles. The molecule has 0 saturated heterocycles. The van der Waals surface area contributed by atoms with Crippen molar-refractivity contribution in [2.75, 3.05) is 26.7 Å². The van der Waals surface area contributed by atoms with Crippen molar-refractivity contribution >= 4 is 39.8 Å². The summed E-state index contributed by atoms with van der Waals surface area (Å²) in [5.74, 6) is 0.211. The molecule has 0 radical (unpaired) electrons. The number of carbonyl (C=O) groups is 1. The van der Waals surface area contributed by atoms with Crippen LogP contribution in [0.15, 0.2) is 41.3 Å². The normalized spacial score (nSPS) is 12.9. The van der Waals surface area contributed by atoms with Gasteiger partial charge in [0.25, 0.3) is 0 Å². The first-order chi connectivity index (χ1) is 14.3. The zero-order valence-corrected chi connectivity index (χ0v) is 19.9. The van der Waals surface area contributed by atoms with Crippen molar-refractivity contribution in [3.63, 3.8) is 0 Å². The summed E-state index contributed by atoms with van der Waals surface area (Å²) in [6, 6.07) is 10.9. The highest BCUT2D eigenvalue weighted by Crippen LogP contribution is 2.34. The number of Topliss-reactive ketones (excluding diaryl/α,β-unsaturated/α-hetero) is 1. The summed E-state index contributed by atoms with van der Waals surface area (Å²) in [6.07, 6.45) is 3.42. The second-order valence-electron chi connectivity index (χ2n) is 7.63. The van der Waals surface area contributed by atoms with E-state index in [0.717, 1.165) is 48.5 Å². The fourth-order valence-electron chi connectivity index (χ4n) is 3.58. The van der Waals surface area contributed by atoms with E-state index in [4.69, 9.17) is 21.5 Å². The van der Waals surface area contributed by atoms with Crippen LogP contribution in [0.2, 0.25) is 5.02 Å². The largest absolute Gasteiger partial charge is 0.492 e. The van der Waals surface area contributed by atoms with E-state index in [9.17, 15) is 13.2 Å². The van der Waals surface area contributed by atoms with Crippen LogP contribution >= 0.6 is 24.0 Å². The number of nitrogens with two attached hydrogens (primary N) is 1. The molecule has 2 aromatic carbocycles. The zero-order valence-electron chi connectivity index (χ0n) is 17.5. The van der Waals surface area contributed by atoms with Crippen molar-refractivity contribution in [3.8, 4) is 5.75 Å². The summed E-state index contributed by atoms with van der Waals surface area (Å²) in [5, 5.41) is 6.09. The van der Waals surface area contributed by atoms with E-state index in [-0.39, 0.29) is 28.8 Å². The van der Waals surface area contributed by atoms with E-state index in [1.165, 1.54) is 6.07 Å². The summed E-state index contributed by atoms with van der Waals surface area (Å²) in [7, 11) is -1.89. The molecule has 0 fully saturated rings. The van der Waals surface area contributed by atoms with E-state index in [1.807, 2.05) is 24.3 Å². The Balaban J connectivity index is 0.00000341. The number of primary sulfonamides is 1. The van der Waals surface area contributed by atoms with Crippen LogP contribution in [0.3, 0.4) is 0 Å². The van der Waals surface area contributed by atoms with Crippen LogP contribution < -0.4 is 9.88 Å². The lowest BCUT2D eigenvalue weighted by Gasteiger charge is -2.16. The molecule has 0 aromatic heterocycles. The highest BCUT2D eigenvalue weighted by atomic mass is 35.5. The van der Waals surface area contributed by atoms with Crippen molar-refractivity contribution in [1.82, 2.24) is 4.90 Å². The van der Waals surface area contributed by atoms with Gasteiger partial charge in [0.2, 0.25) is 10.0 Å². The molecule has 0 unspecified atom stereocenters. The van der Waals surface area contributed by atoms with Crippen molar-refractivity contribution in [2.45, 2.75) is 37.0 Å². The summed E-state index contributed by atoms with van der Waals surface area (Å²) in [4.78, 5) is 14.7. The highest BCUT2D eigenvalue weighted by molar-refractivity contribution is 7.89. The Bertz CT molecular complexity index is 1030. The smallest absolute Gasteiger partial charge is 0.241 e. The molecule has 0 aliphatic carbocycles. The predicted octanol–water partition coefficient (Wildman–Crippen LogP) is 3.87. The summed E-state index contributed by atoms with van der Waals surface area (Å²) in [6.45, 7) is 2.16. The van der Waals surface area contributed by atoms with Gasteiger partial charge in [-0.05, 0) is 62.2 Å². The minimum atomic E-state index is -3.95. The SMILES string of the molecule is CN(CCCCC(=O)c1cc2c(c(S(N)(=O)=O)c1)OCC2)CCc1ccccc1Cl.Cl. The molecule has 6 nitrogen and oxygen atoms in total. The first-order valence-corrected chi connectivity index (χ1v) is 12.0. The number of nitrogens with zero attached hydrogens (tertiary/aromatic N) is 1. The van der Waals surface area contributed by atoms with Gasteiger partial charge >= 0.3 is 0 Å². The Kier molecular flexibility index (Phi) is 9.33. The number of ketones is 1. The molecule has 0 amide bonds. The maximum absolute atomic E-state index is 12.6. The molecule has 0 bridgehead atoms. The molecule has 0 spiro atoms. The van der Waals surface area contributed by atoms with Crippen LogP contribution in [0, 0.1) is 0 Å². The molecule has 1 heterocycles. The fraction of sp³-hybridized carbons (Fsp3) is 0.409. The molecule has 2 aromatic rings. The van der Waals surface area contributed by atoms with Crippen LogP contribution in [-0.2, 0) is 22.9 Å². The minimum absolute atomic E-state index is 0. The summed E-state index contributed by atoms with van der Waals surface area (Å²) in [5.41, 5.74) is 2.24. The Morgan fingerprint density at radius 3 is 2.65 bits per heavy atom. The van der Waals surface area contributed by atoms with Gasteiger partial charge in [-0.2, -0.15) is 0 Å². The minimum Gasteiger partial charge on any atom is -0.492 e. The number of halogens is 2. The van der Waals surface area contributed by atoms with E-state index in [1.54, 1.807) is 6.07 Å². The van der Waals surface area contributed by atoms with Gasteiger partial charge in [0, 0.05) is 30.0 Å². The van der Waals surface area contributed by atoms with E-state index < -0.39 is 10.0 Å². The lowest BCUT2D eigenvalue weighted by Crippen LogP contribution is -2.22. The molecule has 31 heavy (non-hydrogen) atoms. The lowest BCUT2D eigenvalue weighted by molar-refractivity contribution is 0.0978. The molecule has 2 N–H and O–H groups in total.